The minimum atomic E-state index is -0.382. The number of carbonyl (C=O) groups is 1. The summed E-state index contributed by atoms with van der Waals surface area (Å²) in [6.07, 6.45) is 0. The molecule has 0 aliphatic heterocycles. The Labute approximate surface area is 139 Å². The second-order valence-corrected chi connectivity index (χ2v) is 5.58. The Bertz CT molecular complexity index is 960. The molecule has 0 unspecified atom stereocenters. The molecule has 0 bridgehead atoms. The third-order valence-electron chi connectivity index (χ3n) is 3.97. The molecule has 0 aliphatic rings. The van der Waals surface area contributed by atoms with Crippen LogP contribution < -0.4 is 5.56 Å². The van der Waals surface area contributed by atoms with Gasteiger partial charge in [-0.2, -0.15) is 0 Å². The highest BCUT2D eigenvalue weighted by molar-refractivity contribution is 5.90. The maximum absolute atomic E-state index is 12.5. The van der Waals surface area contributed by atoms with Crippen LogP contribution in [-0.4, -0.2) is 22.1 Å². The zero-order valence-corrected chi connectivity index (χ0v) is 13.7. The number of aryl methyl sites for hydroxylation is 2. The number of benzene rings is 2. The van der Waals surface area contributed by atoms with Gasteiger partial charge < -0.3 is 4.74 Å². The number of aromatic nitrogens is 2. The molecule has 0 atom stereocenters. The van der Waals surface area contributed by atoms with E-state index in [0.717, 1.165) is 5.56 Å². The first-order chi connectivity index (χ1) is 11.6. The highest BCUT2D eigenvalue weighted by Crippen LogP contribution is 2.09. The van der Waals surface area contributed by atoms with Gasteiger partial charge in [0.2, 0.25) is 0 Å². The van der Waals surface area contributed by atoms with Crippen molar-refractivity contribution in [2.75, 3.05) is 6.61 Å². The van der Waals surface area contributed by atoms with Gasteiger partial charge in [-0.1, -0.05) is 30.3 Å². The molecule has 0 aliphatic carbocycles. The maximum atomic E-state index is 12.5. The van der Waals surface area contributed by atoms with Crippen LogP contribution in [0.15, 0.2) is 53.3 Å². The van der Waals surface area contributed by atoms with Gasteiger partial charge in [0, 0.05) is 0 Å². The zero-order valence-electron chi connectivity index (χ0n) is 13.7. The van der Waals surface area contributed by atoms with Crippen LogP contribution in [0.5, 0.6) is 0 Å². The van der Waals surface area contributed by atoms with Crippen LogP contribution in [0.3, 0.4) is 0 Å². The molecule has 0 spiro atoms. The van der Waals surface area contributed by atoms with Gasteiger partial charge in [0.05, 0.1) is 23.0 Å². The monoisotopic (exact) mass is 322 g/mol. The van der Waals surface area contributed by atoms with Gasteiger partial charge in [0.15, 0.2) is 0 Å². The van der Waals surface area contributed by atoms with Gasteiger partial charge >= 0.3 is 5.97 Å². The molecule has 0 fully saturated rings. The van der Waals surface area contributed by atoms with E-state index in [0.29, 0.717) is 22.3 Å². The van der Waals surface area contributed by atoms with Crippen molar-refractivity contribution >= 4 is 16.9 Å². The average Bonchev–Trinajstić information content (AvgIpc) is 2.58. The molecule has 2 aromatic carbocycles. The van der Waals surface area contributed by atoms with Crippen LogP contribution >= 0.6 is 0 Å². The van der Waals surface area contributed by atoms with E-state index in [1.807, 2.05) is 37.3 Å². The number of carbonyl (C=O) groups excluding carboxylic acids is 1. The summed E-state index contributed by atoms with van der Waals surface area (Å²) in [4.78, 5) is 29.1. The first kappa shape index (κ1) is 15.9. The first-order valence-electron chi connectivity index (χ1n) is 7.77. The van der Waals surface area contributed by atoms with E-state index in [-0.39, 0.29) is 24.7 Å². The van der Waals surface area contributed by atoms with Crippen molar-refractivity contribution in [1.82, 2.24) is 9.55 Å². The zero-order chi connectivity index (χ0) is 17.1. The van der Waals surface area contributed by atoms with E-state index < -0.39 is 0 Å². The Hall–Kier alpha value is -2.95. The number of hydrogen-bond donors (Lipinski definition) is 0. The molecule has 0 amide bonds. The summed E-state index contributed by atoms with van der Waals surface area (Å²) >= 11 is 0. The molecule has 122 valence electrons. The molecule has 3 rings (SSSR count). The second kappa shape index (κ2) is 6.66. The van der Waals surface area contributed by atoms with Crippen LogP contribution in [0, 0.1) is 13.8 Å². The van der Waals surface area contributed by atoms with Crippen molar-refractivity contribution in [3.05, 3.63) is 75.8 Å². The molecule has 5 heteroatoms. The largest absolute Gasteiger partial charge is 0.460 e. The van der Waals surface area contributed by atoms with Crippen LogP contribution in [0.25, 0.3) is 10.9 Å². The fourth-order valence-corrected chi connectivity index (χ4v) is 2.65. The number of fused-ring (bicyclic) bond motifs is 1. The van der Waals surface area contributed by atoms with Gasteiger partial charge in [-0.3, -0.25) is 9.36 Å². The van der Waals surface area contributed by atoms with Crippen LogP contribution in [0.2, 0.25) is 0 Å². The number of rotatable bonds is 4. The molecular weight excluding hydrogens is 304 g/mol. The minimum absolute atomic E-state index is 0.119. The normalized spacial score (nSPS) is 10.8. The summed E-state index contributed by atoms with van der Waals surface area (Å²) in [6, 6.07) is 14.5. The highest BCUT2D eigenvalue weighted by Gasteiger charge is 2.11. The molecular formula is C19H18N2O3. The molecule has 0 N–H and O–H groups in total. The SMILES string of the molecule is Cc1ccccc1C(=O)OCCn1c(C)nc2ccccc2c1=O. The molecule has 5 nitrogen and oxygen atoms in total. The van der Waals surface area contributed by atoms with Crippen molar-refractivity contribution in [3.63, 3.8) is 0 Å². The summed E-state index contributed by atoms with van der Waals surface area (Å²) in [7, 11) is 0. The predicted octanol–water partition coefficient (Wildman–Crippen LogP) is 2.87. The summed E-state index contributed by atoms with van der Waals surface area (Å²) < 4.78 is 6.84. The summed E-state index contributed by atoms with van der Waals surface area (Å²) in [5.41, 5.74) is 1.96. The van der Waals surface area contributed by atoms with Crippen molar-refractivity contribution in [1.29, 1.82) is 0 Å². The molecule has 1 aromatic heterocycles. The second-order valence-electron chi connectivity index (χ2n) is 5.58. The minimum Gasteiger partial charge on any atom is -0.460 e. The van der Waals surface area contributed by atoms with Crippen molar-refractivity contribution in [2.24, 2.45) is 0 Å². The molecule has 1 heterocycles. The lowest BCUT2D eigenvalue weighted by Crippen LogP contribution is -2.26. The fraction of sp³-hybridized carbons (Fsp3) is 0.211. The molecule has 0 saturated heterocycles. The first-order valence-corrected chi connectivity index (χ1v) is 7.77. The third kappa shape index (κ3) is 3.06. The molecule has 0 radical (unpaired) electrons. The van der Waals surface area contributed by atoms with E-state index in [9.17, 15) is 9.59 Å². The van der Waals surface area contributed by atoms with Crippen molar-refractivity contribution in [2.45, 2.75) is 20.4 Å². The third-order valence-corrected chi connectivity index (χ3v) is 3.97. The summed E-state index contributed by atoms with van der Waals surface area (Å²) in [5, 5.41) is 0.563. The Kier molecular flexibility index (Phi) is 4.42. The Morgan fingerprint density at radius 1 is 1.08 bits per heavy atom. The summed E-state index contributed by atoms with van der Waals surface area (Å²) in [6.45, 7) is 4.03. The van der Waals surface area contributed by atoms with E-state index in [1.54, 1.807) is 25.1 Å². The molecule has 24 heavy (non-hydrogen) atoms. The van der Waals surface area contributed by atoms with Gasteiger partial charge in [0.1, 0.15) is 12.4 Å². The number of esters is 1. The Morgan fingerprint density at radius 3 is 2.58 bits per heavy atom. The van der Waals surface area contributed by atoms with E-state index >= 15 is 0 Å². The van der Waals surface area contributed by atoms with Crippen LogP contribution in [0.1, 0.15) is 21.7 Å². The number of para-hydroxylation sites is 1. The fourth-order valence-electron chi connectivity index (χ4n) is 2.65. The summed E-state index contributed by atoms with van der Waals surface area (Å²) in [5.74, 6) is 0.221. The number of nitrogens with zero attached hydrogens (tertiary/aromatic N) is 2. The quantitative estimate of drug-likeness (QED) is 0.693. The highest BCUT2D eigenvalue weighted by atomic mass is 16.5. The topological polar surface area (TPSA) is 61.2 Å². The van der Waals surface area contributed by atoms with Gasteiger partial charge in [-0.15, -0.1) is 0 Å². The van der Waals surface area contributed by atoms with Crippen molar-refractivity contribution in [3.8, 4) is 0 Å². The van der Waals surface area contributed by atoms with E-state index in [2.05, 4.69) is 4.98 Å². The van der Waals surface area contributed by atoms with Crippen LogP contribution in [-0.2, 0) is 11.3 Å². The van der Waals surface area contributed by atoms with E-state index in [4.69, 9.17) is 4.74 Å². The van der Waals surface area contributed by atoms with Gasteiger partial charge in [-0.05, 0) is 37.6 Å². The maximum Gasteiger partial charge on any atom is 0.338 e. The lowest BCUT2D eigenvalue weighted by atomic mass is 10.1. The van der Waals surface area contributed by atoms with Crippen LogP contribution in [0.4, 0.5) is 0 Å². The lowest BCUT2D eigenvalue weighted by molar-refractivity contribution is 0.0488. The molecule has 0 saturated carbocycles. The van der Waals surface area contributed by atoms with Gasteiger partial charge in [-0.25, -0.2) is 9.78 Å². The van der Waals surface area contributed by atoms with Crippen molar-refractivity contribution < 1.29 is 9.53 Å². The van der Waals surface area contributed by atoms with E-state index in [1.165, 1.54) is 4.57 Å². The molecule has 3 aromatic rings. The lowest BCUT2D eigenvalue weighted by Gasteiger charge is -2.11. The number of hydrogen-bond acceptors (Lipinski definition) is 4. The predicted molar refractivity (Wildman–Crippen MR) is 92.2 cm³/mol. The average molecular weight is 322 g/mol. The standard InChI is InChI=1S/C19H18N2O3/c1-13-7-3-4-8-15(13)19(23)24-12-11-21-14(2)20-17-10-6-5-9-16(17)18(21)22/h3-10H,11-12H2,1-2H3. The van der Waals surface area contributed by atoms with Gasteiger partial charge in [0.25, 0.3) is 5.56 Å². The smallest absolute Gasteiger partial charge is 0.338 e. The number of ether oxygens (including phenoxy) is 1. The Morgan fingerprint density at radius 2 is 1.79 bits per heavy atom. The Balaban J connectivity index is 1.76.